The Balaban J connectivity index is 1.88. The van der Waals surface area contributed by atoms with Gasteiger partial charge in [0.25, 0.3) is 0 Å². The van der Waals surface area contributed by atoms with Crippen LogP contribution in [0, 0.1) is 11.8 Å². The Morgan fingerprint density at radius 2 is 1.76 bits per heavy atom. The molecule has 5 heteroatoms. The molecule has 0 amide bonds. The summed E-state index contributed by atoms with van der Waals surface area (Å²) in [5, 5.41) is 0. The van der Waals surface area contributed by atoms with Crippen LogP contribution >= 0.6 is 0 Å². The second-order valence-electron chi connectivity index (χ2n) is 6.15. The maximum Gasteiger partial charge on any atom is 0.215 e. The minimum absolute atomic E-state index is 0.0406. The van der Waals surface area contributed by atoms with E-state index >= 15 is 0 Å². The summed E-state index contributed by atoms with van der Waals surface area (Å²) >= 11 is 0. The first-order valence-electron chi connectivity index (χ1n) is 7.75. The molecule has 1 aliphatic carbocycles. The van der Waals surface area contributed by atoms with E-state index in [9.17, 15) is 8.42 Å². The number of rotatable bonds is 6. The van der Waals surface area contributed by atoms with Gasteiger partial charge in [-0.1, -0.05) is 50.5 Å². The van der Waals surface area contributed by atoms with Gasteiger partial charge in [-0.15, -0.1) is 0 Å². The van der Waals surface area contributed by atoms with Crippen LogP contribution in [0.4, 0.5) is 0 Å². The minimum Gasteiger partial charge on any atom is -0.326 e. The summed E-state index contributed by atoms with van der Waals surface area (Å²) in [6.07, 6.45) is 4.84. The number of nitrogens with one attached hydrogen (secondary N) is 1. The summed E-state index contributed by atoms with van der Waals surface area (Å²) in [5.41, 5.74) is 7.36. The standard InChI is InChI=1S/C16H26N2O2S/c1-13-4-2-3-5-16(13)11-18-21(19,20)12-15-8-6-14(10-17)7-9-15/h6-9,13,16,18H,2-5,10-12,17H2,1H3. The number of sulfonamides is 1. The topological polar surface area (TPSA) is 72.2 Å². The Hall–Kier alpha value is -0.910. The lowest BCUT2D eigenvalue weighted by atomic mass is 9.81. The molecule has 1 fully saturated rings. The third kappa shape index (κ3) is 5.09. The number of benzene rings is 1. The maximum absolute atomic E-state index is 12.2. The van der Waals surface area contributed by atoms with Crippen LogP contribution < -0.4 is 10.5 Å². The number of nitrogens with two attached hydrogens (primary N) is 1. The van der Waals surface area contributed by atoms with E-state index in [0.717, 1.165) is 17.5 Å². The van der Waals surface area contributed by atoms with E-state index in [1.807, 2.05) is 24.3 Å². The van der Waals surface area contributed by atoms with E-state index in [4.69, 9.17) is 5.73 Å². The normalized spacial score (nSPS) is 23.1. The molecule has 0 saturated heterocycles. The summed E-state index contributed by atoms with van der Waals surface area (Å²) < 4.78 is 27.1. The van der Waals surface area contributed by atoms with E-state index in [0.29, 0.717) is 24.9 Å². The molecule has 21 heavy (non-hydrogen) atoms. The predicted octanol–water partition coefficient (Wildman–Crippen LogP) is 2.39. The van der Waals surface area contributed by atoms with Crippen molar-refractivity contribution >= 4 is 10.0 Å². The second-order valence-corrected chi connectivity index (χ2v) is 7.96. The SMILES string of the molecule is CC1CCCCC1CNS(=O)(=O)Cc1ccc(CN)cc1. The summed E-state index contributed by atoms with van der Waals surface area (Å²) in [6.45, 7) is 3.28. The van der Waals surface area contributed by atoms with E-state index in [-0.39, 0.29) is 5.75 Å². The summed E-state index contributed by atoms with van der Waals surface area (Å²) in [5.74, 6) is 1.14. The van der Waals surface area contributed by atoms with Crippen LogP contribution in [0.1, 0.15) is 43.7 Å². The Labute approximate surface area is 128 Å². The summed E-state index contributed by atoms with van der Waals surface area (Å²) in [6, 6.07) is 7.44. The van der Waals surface area contributed by atoms with Crippen molar-refractivity contribution in [2.24, 2.45) is 17.6 Å². The van der Waals surface area contributed by atoms with Crippen LogP contribution in [0.5, 0.6) is 0 Å². The fraction of sp³-hybridized carbons (Fsp3) is 0.625. The highest BCUT2D eigenvalue weighted by atomic mass is 32.2. The van der Waals surface area contributed by atoms with E-state index in [2.05, 4.69) is 11.6 Å². The van der Waals surface area contributed by atoms with Crippen LogP contribution in [-0.2, 0) is 22.3 Å². The van der Waals surface area contributed by atoms with Crippen LogP contribution in [0.3, 0.4) is 0 Å². The third-order valence-electron chi connectivity index (χ3n) is 4.47. The van der Waals surface area contributed by atoms with E-state index < -0.39 is 10.0 Å². The molecule has 1 aromatic carbocycles. The quantitative estimate of drug-likeness (QED) is 0.847. The first-order chi connectivity index (χ1) is 10.00. The van der Waals surface area contributed by atoms with Gasteiger partial charge in [-0.05, 0) is 29.4 Å². The molecule has 2 atom stereocenters. The molecule has 0 aromatic heterocycles. The van der Waals surface area contributed by atoms with Gasteiger partial charge in [0.1, 0.15) is 0 Å². The second kappa shape index (κ2) is 7.38. The number of hydrogen-bond acceptors (Lipinski definition) is 3. The van der Waals surface area contributed by atoms with Crippen molar-refractivity contribution in [2.45, 2.75) is 44.9 Å². The highest BCUT2D eigenvalue weighted by Crippen LogP contribution is 2.29. The van der Waals surface area contributed by atoms with Crippen LogP contribution in [0.15, 0.2) is 24.3 Å². The molecule has 0 radical (unpaired) electrons. The monoisotopic (exact) mass is 310 g/mol. The lowest BCUT2D eigenvalue weighted by Crippen LogP contribution is -2.34. The van der Waals surface area contributed by atoms with Gasteiger partial charge in [0, 0.05) is 13.1 Å². The van der Waals surface area contributed by atoms with Crippen molar-refractivity contribution < 1.29 is 8.42 Å². The molecule has 1 aromatic rings. The molecule has 118 valence electrons. The fourth-order valence-corrected chi connectivity index (χ4v) is 4.17. The average molecular weight is 310 g/mol. The lowest BCUT2D eigenvalue weighted by Gasteiger charge is -2.28. The minimum atomic E-state index is -3.26. The zero-order valence-electron chi connectivity index (χ0n) is 12.7. The van der Waals surface area contributed by atoms with Crippen molar-refractivity contribution in [3.63, 3.8) is 0 Å². The molecule has 2 rings (SSSR count). The smallest absolute Gasteiger partial charge is 0.215 e. The molecular formula is C16H26N2O2S. The van der Waals surface area contributed by atoms with Gasteiger partial charge in [-0.2, -0.15) is 0 Å². The molecule has 3 N–H and O–H groups in total. The highest BCUT2D eigenvalue weighted by Gasteiger charge is 2.23. The molecule has 2 unspecified atom stereocenters. The predicted molar refractivity (Wildman–Crippen MR) is 86.1 cm³/mol. The first-order valence-corrected chi connectivity index (χ1v) is 9.40. The van der Waals surface area contributed by atoms with Gasteiger partial charge in [0.05, 0.1) is 5.75 Å². The van der Waals surface area contributed by atoms with Crippen LogP contribution in [0.25, 0.3) is 0 Å². The van der Waals surface area contributed by atoms with Crippen molar-refractivity contribution in [2.75, 3.05) is 6.54 Å². The molecule has 1 saturated carbocycles. The molecule has 4 nitrogen and oxygen atoms in total. The Kier molecular flexibility index (Phi) is 5.79. The Morgan fingerprint density at radius 1 is 1.14 bits per heavy atom. The van der Waals surface area contributed by atoms with Gasteiger partial charge in [0.2, 0.25) is 10.0 Å². The van der Waals surface area contributed by atoms with Gasteiger partial charge in [0.15, 0.2) is 0 Å². The molecule has 0 spiro atoms. The molecular weight excluding hydrogens is 284 g/mol. The summed E-state index contributed by atoms with van der Waals surface area (Å²) in [7, 11) is -3.26. The molecule has 0 aliphatic heterocycles. The largest absolute Gasteiger partial charge is 0.326 e. The third-order valence-corrected chi connectivity index (χ3v) is 5.79. The molecule has 0 heterocycles. The Bertz CT molecular complexity index is 540. The molecule has 0 bridgehead atoms. The van der Waals surface area contributed by atoms with E-state index in [1.165, 1.54) is 19.3 Å². The van der Waals surface area contributed by atoms with Gasteiger partial charge in [-0.25, -0.2) is 13.1 Å². The molecule has 1 aliphatic rings. The van der Waals surface area contributed by atoms with Gasteiger partial charge < -0.3 is 5.73 Å². The number of hydrogen-bond donors (Lipinski definition) is 2. The first kappa shape index (κ1) is 16.5. The summed E-state index contributed by atoms with van der Waals surface area (Å²) in [4.78, 5) is 0. The Morgan fingerprint density at radius 3 is 2.38 bits per heavy atom. The van der Waals surface area contributed by atoms with Crippen LogP contribution in [-0.4, -0.2) is 15.0 Å². The zero-order valence-corrected chi connectivity index (χ0v) is 13.5. The lowest BCUT2D eigenvalue weighted by molar-refractivity contribution is 0.257. The van der Waals surface area contributed by atoms with Gasteiger partial charge >= 0.3 is 0 Å². The van der Waals surface area contributed by atoms with Crippen molar-refractivity contribution in [3.8, 4) is 0 Å². The fourth-order valence-electron chi connectivity index (χ4n) is 2.97. The van der Waals surface area contributed by atoms with E-state index in [1.54, 1.807) is 0 Å². The van der Waals surface area contributed by atoms with Crippen molar-refractivity contribution in [3.05, 3.63) is 35.4 Å². The maximum atomic E-state index is 12.2. The zero-order chi connectivity index (χ0) is 15.3. The average Bonchev–Trinajstić information content (AvgIpc) is 2.47. The highest BCUT2D eigenvalue weighted by molar-refractivity contribution is 7.88. The van der Waals surface area contributed by atoms with Gasteiger partial charge in [-0.3, -0.25) is 0 Å². The van der Waals surface area contributed by atoms with Crippen molar-refractivity contribution in [1.29, 1.82) is 0 Å². The van der Waals surface area contributed by atoms with Crippen LogP contribution in [0.2, 0.25) is 0 Å². The van der Waals surface area contributed by atoms with Crippen molar-refractivity contribution in [1.82, 2.24) is 4.72 Å².